The van der Waals surface area contributed by atoms with Crippen molar-refractivity contribution < 1.29 is 52.9 Å². The van der Waals surface area contributed by atoms with E-state index >= 15 is 0 Å². The van der Waals surface area contributed by atoms with Gasteiger partial charge in [0.25, 0.3) is 0 Å². The second-order valence-electron chi connectivity index (χ2n) is 15.9. The van der Waals surface area contributed by atoms with Crippen LogP contribution in [-0.4, -0.2) is 69.2 Å². The number of carbonyl (C=O) groups is 3. The topological polar surface area (TPSA) is 177 Å². The standard InChI is InChI=1S/C43H77O11P/c1-4-5-20-26-36(44)30-31-39-38(40(45)32-41(39)46)27-22-18-19-24-29-43(48)54-37(34-53-55(49,50)51)33-52-42(47)28-23-17-15-13-11-9-7-6-8-10-12-14-16-21-25-35(2)3/h18,22,30-31,35-39,41,44,46H,4-17,19-21,23-29,32-34H2,1-3H3,(H2,49,50,51)/b22-18-,31-30+/t36-,37+,38+,39+,41+/m0/s1. The second-order valence-corrected chi connectivity index (χ2v) is 17.2. The Morgan fingerprint density at radius 2 is 1.35 bits per heavy atom. The number of hydrogen-bond acceptors (Lipinski definition) is 9. The third-order valence-corrected chi connectivity index (χ3v) is 10.8. The summed E-state index contributed by atoms with van der Waals surface area (Å²) in [7, 11) is -4.83. The molecule has 0 bridgehead atoms. The first-order chi connectivity index (χ1) is 26.3. The monoisotopic (exact) mass is 801 g/mol. The maximum atomic E-state index is 12.5. The SMILES string of the molecule is CCCCC[C@H](O)/C=C/[C@H]1[C@H](O)CC(=O)[C@@H]1C/C=C\CCCC(=O)O[C@H](COC(=O)CCCCCCCCCCCCCCCCC(C)C)COP(=O)(O)O. The van der Waals surface area contributed by atoms with Gasteiger partial charge in [-0.1, -0.05) is 154 Å². The van der Waals surface area contributed by atoms with Crippen molar-refractivity contribution in [2.45, 2.75) is 200 Å². The molecule has 1 rings (SSSR count). The van der Waals surface area contributed by atoms with Crippen molar-refractivity contribution in [1.29, 1.82) is 0 Å². The van der Waals surface area contributed by atoms with E-state index in [1.807, 2.05) is 12.2 Å². The Bertz CT molecular complexity index is 1120. The lowest BCUT2D eigenvalue weighted by Gasteiger charge is -2.18. The minimum Gasteiger partial charge on any atom is -0.462 e. The summed E-state index contributed by atoms with van der Waals surface area (Å²) in [5, 5.41) is 20.6. The molecule has 1 aliphatic rings. The maximum absolute atomic E-state index is 12.5. The highest BCUT2D eigenvalue weighted by molar-refractivity contribution is 7.46. The molecule has 0 radical (unpaired) electrons. The average Bonchev–Trinajstić information content (AvgIpc) is 3.39. The van der Waals surface area contributed by atoms with E-state index in [9.17, 15) is 29.2 Å². The molecule has 0 unspecified atom stereocenters. The lowest BCUT2D eigenvalue weighted by atomic mass is 9.90. The number of aliphatic hydroxyl groups is 2. The van der Waals surface area contributed by atoms with Gasteiger partial charge >= 0.3 is 19.8 Å². The van der Waals surface area contributed by atoms with E-state index in [-0.39, 0.29) is 43.5 Å². The van der Waals surface area contributed by atoms with Gasteiger partial charge in [0.2, 0.25) is 0 Å². The van der Waals surface area contributed by atoms with E-state index in [4.69, 9.17) is 19.3 Å². The summed E-state index contributed by atoms with van der Waals surface area (Å²) in [4.78, 5) is 55.6. The molecule has 12 heteroatoms. The zero-order chi connectivity index (χ0) is 40.7. The quantitative estimate of drug-likeness (QED) is 0.0208. The molecule has 0 heterocycles. The minimum atomic E-state index is -4.83. The fourth-order valence-electron chi connectivity index (χ4n) is 6.95. The first kappa shape index (κ1) is 51.1. The lowest BCUT2D eigenvalue weighted by molar-refractivity contribution is -0.161. The molecule has 1 saturated carbocycles. The normalized spacial score (nSPS) is 18.8. The van der Waals surface area contributed by atoms with E-state index in [1.165, 1.54) is 70.6 Å². The Hall–Kier alpha value is -1.88. The van der Waals surface area contributed by atoms with Crippen LogP contribution in [0.2, 0.25) is 0 Å². The van der Waals surface area contributed by atoms with E-state index in [1.54, 1.807) is 12.2 Å². The molecule has 0 aromatic rings. The fourth-order valence-corrected chi connectivity index (χ4v) is 7.31. The molecule has 5 atom stereocenters. The minimum absolute atomic E-state index is 0.0139. The van der Waals surface area contributed by atoms with Crippen LogP contribution < -0.4 is 0 Å². The van der Waals surface area contributed by atoms with Crippen LogP contribution in [0.25, 0.3) is 0 Å². The number of phosphoric ester groups is 1. The largest absolute Gasteiger partial charge is 0.469 e. The van der Waals surface area contributed by atoms with E-state index < -0.39 is 44.7 Å². The summed E-state index contributed by atoms with van der Waals surface area (Å²) < 4.78 is 26.4. The van der Waals surface area contributed by atoms with Crippen LogP contribution >= 0.6 is 7.82 Å². The van der Waals surface area contributed by atoms with Crippen molar-refractivity contribution in [2.75, 3.05) is 13.2 Å². The van der Waals surface area contributed by atoms with Gasteiger partial charge in [-0.25, -0.2) is 4.57 Å². The van der Waals surface area contributed by atoms with E-state index in [2.05, 4.69) is 25.3 Å². The van der Waals surface area contributed by atoms with Crippen molar-refractivity contribution >= 4 is 25.5 Å². The van der Waals surface area contributed by atoms with Crippen LogP contribution in [0.4, 0.5) is 0 Å². The van der Waals surface area contributed by atoms with Gasteiger partial charge in [-0.2, -0.15) is 0 Å². The predicted octanol–water partition coefficient (Wildman–Crippen LogP) is 9.63. The first-order valence-corrected chi connectivity index (χ1v) is 23.1. The van der Waals surface area contributed by atoms with Crippen molar-refractivity contribution in [1.82, 2.24) is 0 Å². The van der Waals surface area contributed by atoms with Gasteiger partial charge in [-0.15, -0.1) is 0 Å². The lowest BCUT2D eigenvalue weighted by Crippen LogP contribution is -2.29. The molecule has 4 N–H and O–H groups in total. The maximum Gasteiger partial charge on any atom is 0.469 e. The molecular weight excluding hydrogens is 723 g/mol. The van der Waals surface area contributed by atoms with Crippen LogP contribution in [-0.2, 0) is 32.9 Å². The van der Waals surface area contributed by atoms with Crippen molar-refractivity contribution in [2.24, 2.45) is 17.8 Å². The summed E-state index contributed by atoms with van der Waals surface area (Å²) in [6.07, 6.45) is 28.4. The third-order valence-electron chi connectivity index (χ3n) is 10.3. The van der Waals surface area contributed by atoms with Crippen LogP contribution in [0.5, 0.6) is 0 Å². The zero-order valence-corrected chi connectivity index (χ0v) is 35.4. The Kier molecular flexibility index (Phi) is 29.9. The number of aliphatic hydroxyl groups excluding tert-OH is 2. The van der Waals surface area contributed by atoms with Gasteiger partial charge in [0.15, 0.2) is 6.10 Å². The molecular formula is C43H77O11P. The zero-order valence-electron chi connectivity index (χ0n) is 34.5. The summed E-state index contributed by atoms with van der Waals surface area (Å²) in [5.74, 6) is -1.00. The number of esters is 2. The van der Waals surface area contributed by atoms with E-state index in [0.717, 1.165) is 44.4 Å². The number of ketones is 1. The van der Waals surface area contributed by atoms with Gasteiger partial charge < -0.3 is 29.5 Å². The molecule has 0 saturated heterocycles. The number of hydrogen-bond donors (Lipinski definition) is 4. The van der Waals surface area contributed by atoms with Crippen molar-refractivity contribution in [3.05, 3.63) is 24.3 Å². The molecule has 0 amide bonds. The summed E-state index contributed by atoms with van der Waals surface area (Å²) in [6, 6.07) is 0. The Labute approximate surface area is 332 Å². The molecule has 55 heavy (non-hydrogen) atoms. The molecule has 1 fully saturated rings. The van der Waals surface area contributed by atoms with Crippen molar-refractivity contribution in [3.8, 4) is 0 Å². The van der Waals surface area contributed by atoms with E-state index in [0.29, 0.717) is 32.1 Å². The van der Waals surface area contributed by atoms with Gasteiger partial charge in [0.1, 0.15) is 12.4 Å². The molecule has 0 aliphatic heterocycles. The number of ether oxygens (including phenoxy) is 2. The second kappa shape index (κ2) is 32.1. The molecule has 1 aliphatic carbocycles. The van der Waals surface area contributed by atoms with Crippen LogP contribution in [0.1, 0.15) is 181 Å². The molecule has 0 aromatic heterocycles. The number of carbonyl (C=O) groups excluding carboxylic acids is 3. The van der Waals surface area contributed by atoms with Crippen molar-refractivity contribution in [3.63, 3.8) is 0 Å². The van der Waals surface area contributed by atoms with Gasteiger partial charge in [0, 0.05) is 31.1 Å². The Morgan fingerprint density at radius 3 is 1.93 bits per heavy atom. The molecule has 320 valence electrons. The predicted molar refractivity (Wildman–Crippen MR) is 217 cm³/mol. The summed E-state index contributed by atoms with van der Waals surface area (Å²) in [6.45, 7) is 5.70. The highest BCUT2D eigenvalue weighted by atomic mass is 31.2. The summed E-state index contributed by atoms with van der Waals surface area (Å²) >= 11 is 0. The number of phosphoric acid groups is 1. The smallest absolute Gasteiger partial charge is 0.462 e. The third kappa shape index (κ3) is 29.1. The number of Topliss-reactive ketones (excluding diaryl/α,β-unsaturated/α-hetero) is 1. The van der Waals surface area contributed by atoms with Gasteiger partial charge in [-0.05, 0) is 38.0 Å². The van der Waals surface area contributed by atoms with Crippen LogP contribution in [0.15, 0.2) is 24.3 Å². The highest BCUT2D eigenvalue weighted by Gasteiger charge is 2.39. The van der Waals surface area contributed by atoms with Gasteiger partial charge in [-0.3, -0.25) is 18.9 Å². The van der Waals surface area contributed by atoms with Crippen LogP contribution in [0, 0.1) is 17.8 Å². The van der Waals surface area contributed by atoms with Crippen LogP contribution in [0.3, 0.4) is 0 Å². The molecule has 0 spiro atoms. The summed E-state index contributed by atoms with van der Waals surface area (Å²) in [5.41, 5.74) is 0. The Morgan fingerprint density at radius 1 is 0.782 bits per heavy atom. The average molecular weight is 801 g/mol. The number of unbranched alkanes of at least 4 members (excludes halogenated alkanes) is 16. The first-order valence-electron chi connectivity index (χ1n) is 21.6. The highest BCUT2D eigenvalue weighted by Crippen LogP contribution is 2.36. The van der Waals surface area contributed by atoms with Gasteiger partial charge in [0.05, 0.1) is 18.8 Å². The number of allylic oxidation sites excluding steroid dienone is 2. The number of rotatable bonds is 35. The molecule has 0 aromatic carbocycles. The molecule has 11 nitrogen and oxygen atoms in total. The Balaban J connectivity index is 2.27. The fraction of sp³-hybridized carbons (Fsp3) is 0.837.